The van der Waals surface area contributed by atoms with E-state index in [-0.39, 0.29) is 0 Å². The van der Waals surface area contributed by atoms with E-state index in [0.717, 1.165) is 6.54 Å². The van der Waals surface area contributed by atoms with Gasteiger partial charge in [-0.15, -0.1) is 11.3 Å². The minimum atomic E-state index is 0.368. The molecule has 2 unspecified atom stereocenters. The van der Waals surface area contributed by atoms with E-state index in [9.17, 15) is 0 Å². The average molecular weight is 211 g/mol. The Balaban J connectivity index is 1.92. The second kappa shape index (κ2) is 4.38. The summed E-state index contributed by atoms with van der Waals surface area (Å²) in [5.41, 5.74) is 7.94. The van der Waals surface area contributed by atoms with Crippen molar-refractivity contribution in [3.63, 3.8) is 0 Å². The first kappa shape index (κ1) is 10.1. The fraction of sp³-hybridized carbons (Fsp3) is 0.700. The summed E-state index contributed by atoms with van der Waals surface area (Å²) >= 11 is 1.72. The van der Waals surface area contributed by atoms with Crippen LogP contribution >= 0.6 is 11.3 Å². The molecule has 1 aliphatic carbocycles. The molecular weight excluding hydrogens is 194 g/mol. The number of likely N-dealkylation sites (N-methyl/N-ethyl adjacent to an activating group) is 1. The van der Waals surface area contributed by atoms with Crippen LogP contribution in [0.25, 0.3) is 0 Å². The van der Waals surface area contributed by atoms with E-state index >= 15 is 0 Å². The van der Waals surface area contributed by atoms with Gasteiger partial charge >= 0.3 is 0 Å². The molecule has 0 aromatic carbocycles. The first-order chi connectivity index (χ1) is 6.77. The summed E-state index contributed by atoms with van der Waals surface area (Å²) in [7, 11) is 2.16. The van der Waals surface area contributed by atoms with Gasteiger partial charge in [-0.05, 0) is 19.9 Å². The van der Waals surface area contributed by atoms with E-state index in [0.29, 0.717) is 12.1 Å². The standard InChI is InChI=1S/C10H17N3S/c1-13(6-8-5-12-7-14-8)10-4-2-3-9(10)11/h5,7,9-10H,2-4,6,11H2,1H3. The summed E-state index contributed by atoms with van der Waals surface area (Å²) in [6, 6.07) is 0.935. The Labute approximate surface area is 88.9 Å². The molecule has 0 radical (unpaired) electrons. The zero-order chi connectivity index (χ0) is 9.97. The van der Waals surface area contributed by atoms with E-state index < -0.39 is 0 Å². The third-order valence-corrected chi connectivity index (χ3v) is 3.75. The second-order valence-corrected chi connectivity index (χ2v) is 5.02. The molecule has 4 heteroatoms. The quantitative estimate of drug-likeness (QED) is 0.823. The molecule has 1 saturated carbocycles. The highest BCUT2D eigenvalue weighted by molar-refractivity contribution is 7.09. The molecule has 2 rings (SSSR count). The molecule has 0 aliphatic heterocycles. The average Bonchev–Trinajstić information content (AvgIpc) is 2.75. The van der Waals surface area contributed by atoms with Crippen molar-refractivity contribution in [1.82, 2.24) is 9.88 Å². The van der Waals surface area contributed by atoms with Crippen molar-refractivity contribution in [2.75, 3.05) is 7.05 Å². The van der Waals surface area contributed by atoms with Gasteiger partial charge in [0.2, 0.25) is 0 Å². The molecule has 1 fully saturated rings. The zero-order valence-corrected chi connectivity index (χ0v) is 9.33. The van der Waals surface area contributed by atoms with Crippen LogP contribution in [0.1, 0.15) is 24.1 Å². The van der Waals surface area contributed by atoms with Crippen LogP contribution in [0.5, 0.6) is 0 Å². The molecule has 1 aliphatic rings. The predicted octanol–water partition coefficient (Wildman–Crippen LogP) is 1.45. The number of hydrogen-bond donors (Lipinski definition) is 1. The van der Waals surface area contributed by atoms with Crippen LogP contribution in [0, 0.1) is 0 Å². The number of thiazole rings is 1. The molecule has 2 N–H and O–H groups in total. The maximum absolute atomic E-state index is 6.05. The van der Waals surface area contributed by atoms with E-state index in [1.54, 1.807) is 11.3 Å². The molecule has 0 saturated heterocycles. The first-order valence-electron chi connectivity index (χ1n) is 5.10. The van der Waals surface area contributed by atoms with Gasteiger partial charge in [0.1, 0.15) is 0 Å². The lowest BCUT2D eigenvalue weighted by Crippen LogP contribution is -2.41. The van der Waals surface area contributed by atoms with Gasteiger partial charge in [0.15, 0.2) is 0 Å². The molecule has 0 bridgehead atoms. The number of nitrogens with two attached hydrogens (primary N) is 1. The van der Waals surface area contributed by atoms with E-state index in [1.807, 2.05) is 11.7 Å². The first-order valence-corrected chi connectivity index (χ1v) is 5.98. The van der Waals surface area contributed by atoms with Crippen molar-refractivity contribution in [1.29, 1.82) is 0 Å². The Hall–Kier alpha value is -0.450. The number of hydrogen-bond acceptors (Lipinski definition) is 4. The maximum Gasteiger partial charge on any atom is 0.0794 e. The van der Waals surface area contributed by atoms with Crippen molar-refractivity contribution >= 4 is 11.3 Å². The smallest absolute Gasteiger partial charge is 0.0794 e. The summed E-state index contributed by atoms with van der Waals surface area (Å²) in [6.07, 6.45) is 5.65. The molecule has 0 spiro atoms. The molecule has 1 aromatic rings. The zero-order valence-electron chi connectivity index (χ0n) is 8.52. The van der Waals surface area contributed by atoms with E-state index in [4.69, 9.17) is 5.73 Å². The third-order valence-electron chi connectivity index (χ3n) is 2.99. The minimum Gasteiger partial charge on any atom is -0.326 e. The largest absolute Gasteiger partial charge is 0.326 e. The molecule has 3 nitrogen and oxygen atoms in total. The van der Waals surface area contributed by atoms with Gasteiger partial charge in [-0.1, -0.05) is 6.42 Å². The van der Waals surface area contributed by atoms with Crippen LogP contribution < -0.4 is 5.73 Å². The van der Waals surface area contributed by atoms with Gasteiger partial charge in [0.05, 0.1) is 5.51 Å². The van der Waals surface area contributed by atoms with Gasteiger partial charge in [-0.3, -0.25) is 9.88 Å². The fourth-order valence-corrected chi connectivity index (χ4v) is 2.86. The van der Waals surface area contributed by atoms with Gasteiger partial charge in [-0.25, -0.2) is 0 Å². The van der Waals surface area contributed by atoms with Gasteiger partial charge < -0.3 is 5.73 Å². The van der Waals surface area contributed by atoms with Crippen molar-refractivity contribution in [3.05, 3.63) is 16.6 Å². The number of aromatic nitrogens is 1. The Bertz CT molecular complexity index is 273. The van der Waals surface area contributed by atoms with Crippen LogP contribution in [0.2, 0.25) is 0 Å². The van der Waals surface area contributed by atoms with E-state index in [2.05, 4.69) is 16.9 Å². The lowest BCUT2D eigenvalue weighted by molar-refractivity contribution is 0.222. The second-order valence-electron chi connectivity index (χ2n) is 4.04. The van der Waals surface area contributed by atoms with Gasteiger partial charge in [0, 0.05) is 29.7 Å². The topological polar surface area (TPSA) is 42.2 Å². The maximum atomic E-state index is 6.05. The normalized spacial score (nSPS) is 27.4. The summed E-state index contributed by atoms with van der Waals surface area (Å²) in [5.74, 6) is 0. The predicted molar refractivity (Wildman–Crippen MR) is 59.2 cm³/mol. The molecule has 78 valence electrons. The van der Waals surface area contributed by atoms with E-state index in [1.165, 1.54) is 24.1 Å². The molecule has 2 atom stereocenters. The lowest BCUT2D eigenvalue weighted by atomic mass is 10.1. The Kier molecular flexibility index (Phi) is 3.15. The molecule has 1 aromatic heterocycles. The van der Waals surface area contributed by atoms with Crippen LogP contribution in [0.3, 0.4) is 0 Å². The summed E-state index contributed by atoms with van der Waals surface area (Å²) in [5, 5.41) is 0. The lowest BCUT2D eigenvalue weighted by Gasteiger charge is -2.26. The Morgan fingerprint density at radius 3 is 3.07 bits per heavy atom. The minimum absolute atomic E-state index is 0.368. The van der Waals surface area contributed by atoms with Crippen molar-refractivity contribution < 1.29 is 0 Å². The Morgan fingerprint density at radius 1 is 1.64 bits per heavy atom. The van der Waals surface area contributed by atoms with Crippen molar-refractivity contribution in [3.8, 4) is 0 Å². The van der Waals surface area contributed by atoms with Gasteiger partial charge in [-0.2, -0.15) is 0 Å². The molecule has 1 heterocycles. The number of rotatable bonds is 3. The Morgan fingerprint density at radius 2 is 2.50 bits per heavy atom. The highest BCUT2D eigenvalue weighted by Crippen LogP contribution is 2.23. The molecular formula is C10H17N3S. The summed E-state index contributed by atoms with van der Waals surface area (Å²) < 4.78 is 0. The third kappa shape index (κ3) is 2.13. The van der Waals surface area contributed by atoms with Crippen molar-refractivity contribution in [2.24, 2.45) is 5.73 Å². The van der Waals surface area contributed by atoms with Crippen LogP contribution in [0.4, 0.5) is 0 Å². The monoisotopic (exact) mass is 211 g/mol. The summed E-state index contributed by atoms with van der Waals surface area (Å²) in [4.78, 5) is 7.77. The highest BCUT2D eigenvalue weighted by atomic mass is 32.1. The van der Waals surface area contributed by atoms with Crippen LogP contribution in [0.15, 0.2) is 11.7 Å². The SMILES string of the molecule is CN(Cc1cncs1)C1CCCC1N. The molecule has 14 heavy (non-hydrogen) atoms. The summed E-state index contributed by atoms with van der Waals surface area (Å²) in [6.45, 7) is 0.989. The van der Waals surface area contributed by atoms with Crippen LogP contribution in [-0.4, -0.2) is 29.0 Å². The van der Waals surface area contributed by atoms with Crippen LogP contribution in [-0.2, 0) is 6.54 Å². The highest BCUT2D eigenvalue weighted by Gasteiger charge is 2.27. The number of nitrogens with zero attached hydrogens (tertiary/aromatic N) is 2. The molecule has 0 amide bonds. The fourth-order valence-electron chi connectivity index (χ4n) is 2.20. The van der Waals surface area contributed by atoms with Crippen molar-refractivity contribution in [2.45, 2.75) is 37.9 Å². The van der Waals surface area contributed by atoms with Gasteiger partial charge in [0.25, 0.3) is 0 Å².